The molecule has 0 radical (unpaired) electrons. The van der Waals surface area contributed by atoms with Crippen LogP contribution in [0.3, 0.4) is 0 Å². The Hall–Kier alpha value is -2.91. The first kappa shape index (κ1) is 14.5. The summed E-state index contributed by atoms with van der Waals surface area (Å²) in [4.78, 5) is 29.8. The number of nitrogens with one attached hydrogen (secondary N) is 3. The van der Waals surface area contributed by atoms with Gasteiger partial charge in [-0.05, 0) is 0 Å². The number of urea groups is 1. The van der Waals surface area contributed by atoms with E-state index in [-0.39, 0.29) is 11.7 Å². The van der Waals surface area contributed by atoms with E-state index in [2.05, 4.69) is 30.8 Å². The number of aromatic carboxylic acids is 1. The van der Waals surface area contributed by atoms with Crippen molar-refractivity contribution in [3.63, 3.8) is 0 Å². The normalized spacial score (nSPS) is 10.3. The van der Waals surface area contributed by atoms with Crippen molar-refractivity contribution in [2.75, 3.05) is 13.1 Å². The Morgan fingerprint density at radius 2 is 2.10 bits per heavy atom. The highest BCUT2D eigenvalue weighted by molar-refractivity contribution is 5.84. The van der Waals surface area contributed by atoms with Gasteiger partial charge in [0.05, 0.1) is 6.33 Å². The number of nitrogens with zero attached hydrogens (tertiary/aromatic N) is 4. The van der Waals surface area contributed by atoms with Crippen LogP contribution in [0.2, 0.25) is 0 Å². The van der Waals surface area contributed by atoms with E-state index in [1.807, 2.05) is 0 Å². The molecule has 0 unspecified atom stereocenters. The first-order valence-corrected chi connectivity index (χ1v) is 6.26. The third-order valence-corrected chi connectivity index (χ3v) is 2.62. The van der Waals surface area contributed by atoms with Gasteiger partial charge in [0.1, 0.15) is 12.2 Å². The molecule has 2 aromatic heterocycles. The summed E-state index contributed by atoms with van der Waals surface area (Å²) in [6, 6.07) is -0.298. The number of carboxylic acids is 1. The summed E-state index contributed by atoms with van der Waals surface area (Å²) in [6.45, 7) is 1.24. The summed E-state index contributed by atoms with van der Waals surface area (Å²) >= 11 is 0. The fraction of sp³-hybridized carbons (Fsp3) is 0.364. The van der Waals surface area contributed by atoms with E-state index in [9.17, 15) is 9.59 Å². The highest BCUT2D eigenvalue weighted by Crippen LogP contribution is 1.95. The Morgan fingerprint density at radius 1 is 1.29 bits per heavy atom. The molecule has 0 atom stereocenters. The number of hydrogen-bond acceptors (Lipinski definition) is 5. The van der Waals surface area contributed by atoms with E-state index in [4.69, 9.17) is 5.11 Å². The third kappa shape index (κ3) is 4.60. The average Bonchev–Trinajstić information content (AvgIpc) is 3.09. The van der Waals surface area contributed by atoms with Gasteiger partial charge in [0, 0.05) is 32.3 Å². The molecular weight excluding hydrogens is 278 g/mol. The van der Waals surface area contributed by atoms with Gasteiger partial charge in [-0.25, -0.2) is 19.6 Å². The smallest absolute Gasteiger partial charge is 0.356 e. The molecule has 0 bridgehead atoms. The Balaban J connectivity index is 1.61. The molecule has 0 spiro atoms. The zero-order valence-electron chi connectivity index (χ0n) is 11.1. The van der Waals surface area contributed by atoms with Gasteiger partial charge in [-0.2, -0.15) is 5.10 Å². The standard InChI is InChI=1S/C11H15N7O3/c19-10(20)8-5-18(7-15-8)4-3-13-11(21)12-2-1-9-14-6-16-17-9/h5-7H,1-4H2,(H,19,20)(H2,12,13,21)(H,14,16,17). The molecule has 0 saturated heterocycles. The molecular formula is C11H15N7O3. The predicted octanol–water partition coefficient (Wildman–Crippen LogP) is -0.759. The molecule has 10 nitrogen and oxygen atoms in total. The van der Waals surface area contributed by atoms with Crippen LogP contribution >= 0.6 is 0 Å². The maximum absolute atomic E-state index is 11.5. The number of aromatic amines is 1. The van der Waals surface area contributed by atoms with Gasteiger partial charge in [-0.3, -0.25) is 5.10 Å². The molecule has 4 N–H and O–H groups in total. The third-order valence-electron chi connectivity index (χ3n) is 2.62. The van der Waals surface area contributed by atoms with Crippen LogP contribution in [0.25, 0.3) is 0 Å². The van der Waals surface area contributed by atoms with Crippen molar-refractivity contribution >= 4 is 12.0 Å². The van der Waals surface area contributed by atoms with Crippen molar-refractivity contribution in [3.8, 4) is 0 Å². The lowest BCUT2D eigenvalue weighted by atomic mass is 10.4. The molecule has 2 heterocycles. The topological polar surface area (TPSA) is 138 Å². The molecule has 0 aliphatic heterocycles. The Kier molecular flexibility index (Phi) is 4.85. The molecule has 2 aromatic rings. The lowest BCUT2D eigenvalue weighted by Crippen LogP contribution is -2.38. The summed E-state index contributed by atoms with van der Waals surface area (Å²) in [5.74, 6) is -0.373. The maximum Gasteiger partial charge on any atom is 0.356 e. The largest absolute Gasteiger partial charge is 0.476 e. The van der Waals surface area contributed by atoms with E-state index in [1.54, 1.807) is 4.57 Å². The monoisotopic (exact) mass is 293 g/mol. The first-order valence-electron chi connectivity index (χ1n) is 6.26. The Morgan fingerprint density at radius 3 is 2.76 bits per heavy atom. The van der Waals surface area contributed by atoms with Crippen molar-refractivity contribution in [1.82, 2.24) is 35.4 Å². The second-order valence-corrected chi connectivity index (χ2v) is 4.17. The van der Waals surface area contributed by atoms with Crippen LogP contribution in [0, 0.1) is 0 Å². The van der Waals surface area contributed by atoms with Gasteiger partial charge in [0.2, 0.25) is 0 Å². The summed E-state index contributed by atoms with van der Waals surface area (Å²) in [6.07, 6.45) is 4.79. The first-order chi connectivity index (χ1) is 10.1. The molecule has 0 aromatic carbocycles. The minimum absolute atomic E-state index is 0.0218. The van der Waals surface area contributed by atoms with E-state index in [0.29, 0.717) is 31.9 Å². The number of H-pyrrole nitrogens is 1. The quantitative estimate of drug-likeness (QED) is 0.529. The number of imidazole rings is 1. The van der Waals surface area contributed by atoms with Gasteiger partial charge >= 0.3 is 12.0 Å². The highest BCUT2D eigenvalue weighted by atomic mass is 16.4. The van der Waals surface area contributed by atoms with Crippen molar-refractivity contribution in [1.29, 1.82) is 0 Å². The SMILES string of the molecule is O=C(NCCc1ncn[nH]1)NCCn1cnc(C(=O)O)c1. The van der Waals surface area contributed by atoms with Gasteiger partial charge in [-0.15, -0.1) is 0 Å². The molecule has 112 valence electrons. The molecule has 21 heavy (non-hydrogen) atoms. The van der Waals surface area contributed by atoms with Crippen molar-refractivity contribution in [2.45, 2.75) is 13.0 Å². The number of amides is 2. The minimum Gasteiger partial charge on any atom is -0.476 e. The number of carbonyl (C=O) groups is 2. The van der Waals surface area contributed by atoms with Crippen molar-refractivity contribution < 1.29 is 14.7 Å². The number of rotatable bonds is 7. The lowest BCUT2D eigenvalue weighted by molar-refractivity contribution is 0.0691. The molecule has 0 fully saturated rings. The van der Waals surface area contributed by atoms with Crippen LogP contribution < -0.4 is 10.6 Å². The van der Waals surface area contributed by atoms with Crippen LogP contribution in [0.5, 0.6) is 0 Å². The van der Waals surface area contributed by atoms with E-state index >= 15 is 0 Å². The van der Waals surface area contributed by atoms with Gasteiger partial charge in [0.15, 0.2) is 5.69 Å². The average molecular weight is 293 g/mol. The Bertz CT molecular complexity index is 593. The van der Waals surface area contributed by atoms with Crippen molar-refractivity contribution in [3.05, 3.63) is 30.4 Å². The molecule has 2 amide bonds. The summed E-state index contributed by atoms with van der Waals surface area (Å²) in [5.41, 5.74) is -0.0218. The Labute approximate surface area is 119 Å². The maximum atomic E-state index is 11.5. The summed E-state index contributed by atoms with van der Waals surface area (Å²) in [7, 11) is 0. The van der Waals surface area contributed by atoms with E-state index in [1.165, 1.54) is 18.9 Å². The molecule has 0 saturated carbocycles. The van der Waals surface area contributed by atoms with Crippen LogP contribution in [-0.4, -0.2) is 54.9 Å². The molecule has 0 aliphatic rings. The van der Waals surface area contributed by atoms with Crippen LogP contribution in [0.4, 0.5) is 4.79 Å². The summed E-state index contributed by atoms with van der Waals surface area (Å²) in [5, 5.41) is 20.4. The number of aromatic nitrogens is 5. The second-order valence-electron chi connectivity index (χ2n) is 4.17. The van der Waals surface area contributed by atoms with Gasteiger partial charge < -0.3 is 20.3 Å². The number of hydrogen-bond donors (Lipinski definition) is 4. The zero-order chi connectivity index (χ0) is 15.1. The molecule has 2 rings (SSSR count). The summed E-state index contributed by atoms with van der Waals surface area (Å²) < 4.78 is 1.60. The fourth-order valence-electron chi connectivity index (χ4n) is 1.60. The number of carbonyl (C=O) groups excluding carboxylic acids is 1. The van der Waals surface area contributed by atoms with Crippen LogP contribution in [-0.2, 0) is 13.0 Å². The van der Waals surface area contributed by atoms with Crippen molar-refractivity contribution in [2.24, 2.45) is 0 Å². The van der Waals surface area contributed by atoms with E-state index in [0.717, 1.165) is 0 Å². The molecule has 0 aliphatic carbocycles. The second kappa shape index (κ2) is 7.03. The predicted molar refractivity (Wildman–Crippen MR) is 70.7 cm³/mol. The van der Waals surface area contributed by atoms with Gasteiger partial charge in [-0.1, -0.05) is 0 Å². The van der Waals surface area contributed by atoms with Gasteiger partial charge in [0.25, 0.3) is 0 Å². The highest BCUT2D eigenvalue weighted by Gasteiger charge is 2.06. The fourth-order valence-corrected chi connectivity index (χ4v) is 1.60. The zero-order valence-corrected chi connectivity index (χ0v) is 11.1. The number of carboxylic acid groups (broad SMARTS) is 1. The molecule has 10 heteroatoms. The lowest BCUT2D eigenvalue weighted by Gasteiger charge is -2.07. The minimum atomic E-state index is -1.08. The van der Waals surface area contributed by atoms with E-state index < -0.39 is 5.97 Å². The van der Waals surface area contributed by atoms with Crippen LogP contribution in [0.15, 0.2) is 18.9 Å². The van der Waals surface area contributed by atoms with Crippen LogP contribution in [0.1, 0.15) is 16.3 Å².